The molecule has 0 radical (unpaired) electrons. The Morgan fingerprint density at radius 2 is 2.00 bits per heavy atom. The first-order valence-electron chi connectivity index (χ1n) is 3.70. The van der Waals surface area contributed by atoms with Gasteiger partial charge in [-0.05, 0) is 30.6 Å². The molecule has 0 spiro atoms. The summed E-state index contributed by atoms with van der Waals surface area (Å²) in [5.74, 6) is 3.07. The van der Waals surface area contributed by atoms with Gasteiger partial charge in [-0.2, -0.15) is 0 Å². The van der Waals surface area contributed by atoms with E-state index in [1.54, 1.807) is 0 Å². The van der Waals surface area contributed by atoms with E-state index in [0.717, 1.165) is 17.8 Å². The standard InChI is InChI=1S/C8H16/c1-6(2)4-8-5-7(8)3/h6-8H,4-5H2,1-3H3. The molecule has 1 saturated carbocycles. The Morgan fingerprint density at radius 3 is 2.12 bits per heavy atom. The van der Waals surface area contributed by atoms with Crippen molar-refractivity contribution in [3.63, 3.8) is 0 Å². The third-order valence-electron chi connectivity index (χ3n) is 2.05. The van der Waals surface area contributed by atoms with Crippen molar-refractivity contribution in [3.05, 3.63) is 0 Å². The van der Waals surface area contributed by atoms with Crippen molar-refractivity contribution >= 4 is 0 Å². The van der Waals surface area contributed by atoms with Gasteiger partial charge >= 0.3 is 0 Å². The van der Waals surface area contributed by atoms with Crippen LogP contribution in [0.4, 0.5) is 0 Å². The first-order valence-corrected chi connectivity index (χ1v) is 3.70. The zero-order valence-corrected chi connectivity index (χ0v) is 6.15. The fourth-order valence-electron chi connectivity index (χ4n) is 1.33. The highest BCUT2D eigenvalue weighted by molar-refractivity contribution is 4.82. The smallest absolute Gasteiger partial charge is 0.0383 e. The summed E-state index contributed by atoms with van der Waals surface area (Å²) in [6, 6.07) is 0. The lowest BCUT2D eigenvalue weighted by Gasteiger charge is -1.99. The van der Waals surface area contributed by atoms with E-state index in [2.05, 4.69) is 20.8 Å². The quantitative estimate of drug-likeness (QED) is 0.515. The summed E-state index contributed by atoms with van der Waals surface area (Å²) < 4.78 is 0. The fourth-order valence-corrected chi connectivity index (χ4v) is 1.33. The molecule has 0 nitrogen and oxygen atoms in total. The number of hydrogen-bond acceptors (Lipinski definition) is 0. The first-order chi connectivity index (χ1) is 3.70. The van der Waals surface area contributed by atoms with E-state index in [-0.39, 0.29) is 0 Å². The van der Waals surface area contributed by atoms with Gasteiger partial charge in [-0.3, -0.25) is 0 Å². The van der Waals surface area contributed by atoms with E-state index >= 15 is 0 Å². The minimum atomic E-state index is 0.921. The largest absolute Gasteiger partial charge is 0.0628 e. The summed E-state index contributed by atoms with van der Waals surface area (Å²) in [7, 11) is 0. The molecule has 8 heavy (non-hydrogen) atoms. The minimum absolute atomic E-state index is 0.921. The van der Waals surface area contributed by atoms with Gasteiger partial charge in [0.05, 0.1) is 0 Å². The van der Waals surface area contributed by atoms with Gasteiger partial charge < -0.3 is 0 Å². The van der Waals surface area contributed by atoms with Gasteiger partial charge in [-0.1, -0.05) is 20.8 Å². The summed E-state index contributed by atoms with van der Waals surface area (Å²) >= 11 is 0. The van der Waals surface area contributed by atoms with Gasteiger partial charge in [0.15, 0.2) is 0 Å². The summed E-state index contributed by atoms with van der Waals surface area (Å²) in [6.07, 6.45) is 2.96. The van der Waals surface area contributed by atoms with Crippen LogP contribution in [0.3, 0.4) is 0 Å². The van der Waals surface area contributed by atoms with Gasteiger partial charge in [0, 0.05) is 0 Å². The molecule has 48 valence electrons. The van der Waals surface area contributed by atoms with Crippen LogP contribution in [0.2, 0.25) is 0 Å². The SMILES string of the molecule is CC(C)CC1CC1C. The molecule has 0 aromatic rings. The monoisotopic (exact) mass is 112 g/mol. The molecule has 0 saturated heterocycles. The molecule has 0 aromatic heterocycles. The van der Waals surface area contributed by atoms with Crippen molar-refractivity contribution in [2.75, 3.05) is 0 Å². The second kappa shape index (κ2) is 2.08. The van der Waals surface area contributed by atoms with Gasteiger partial charge in [-0.15, -0.1) is 0 Å². The lowest BCUT2D eigenvalue weighted by molar-refractivity contribution is 0.520. The summed E-state index contributed by atoms with van der Waals surface area (Å²) in [4.78, 5) is 0. The van der Waals surface area contributed by atoms with Crippen molar-refractivity contribution in [2.45, 2.75) is 33.6 Å². The van der Waals surface area contributed by atoms with Gasteiger partial charge in [0.1, 0.15) is 0 Å². The molecule has 0 aliphatic heterocycles. The molecule has 0 heteroatoms. The van der Waals surface area contributed by atoms with Crippen LogP contribution in [0.5, 0.6) is 0 Å². The van der Waals surface area contributed by atoms with Crippen LogP contribution >= 0.6 is 0 Å². The van der Waals surface area contributed by atoms with Gasteiger partial charge in [0.2, 0.25) is 0 Å². The molecular formula is C8H16. The molecule has 0 amide bonds. The van der Waals surface area contributed by atoms with Crippen LogP contribution in [-0.2, 0) is 0 Å². The molecular weight excluding hydrogens is 96.1 g/mol. The maximum atomic E-state index is 2.35. The Morgan fingerprint density at radius 1 is 1.50 bits per heavy atom. The Labute approximate surface area is 52.3 Å². The lowest BCUT2D eigenvalue weighted by Crippen LogP contribution is -1.88. The van der Waals surface area contributed by atoms with E-state index in [1.807, 2.05) is 0 Å². The number of hydrogen-bond donors (Lipinski definition) is 0. The topological polar surface area (TPSA) is 0 Å². The Hall–Kier alpha value is 0. The first kappa shape index (κ1) is 6.12. The fraction of sp³-hybridized carbons (Fsp3) is 1.00. The Balaban J connectivity index is 2.05. The second-order valence-corrected chi connectivity index (χ2v) is 3.60. The van der Waals surface area contributed by atoms with Crippen LogP contribution in [-0.4, -0.2) is 0 Å². The normalized spacial score (nSPS) is 36.0. The molecule has 1 aliphatic carbocycles. The molecule has 2 unspecified atom stereocenters. The molecule has 0 bridgehead atoms. The highest BCUT2D eigenvalue weighted by Crippen LogP contribution is 2.42. The molecule has 1 aliphatic rings. The maximum absolute atomic E-state index is 2.35. The molecule has 1 rings (SSSR count). The minimum Gasteiger partial charge on any atom is -0.0628 e. The van der Waals surface area contributed by atoms with Gasteiger partial charge in [0.25, 0.3) is 0 Å². The average Bonchev–Trinajstić information content (AvgIpc) is 2.17. The van der Waals surface area contributed by atoms with E-state index in [0.29, 0.717) is 0 Å². The van der Waals surface area contributed by atoms with Crippen molar-refractivity contribution in [1.29, 1.82) is 0 Å². The lowest BCUT2D eigenvalue weighted by atomic mass is 10.1. The van der Waals surface area contributed by atoms with E-state index in [9.17, 15) is 0 Å². The summed E-state index contributed by atoms with van der Waals surface area (Å²) in [5, 5.41) is 0. The van der Waals surface area contributed by atoms with E-state index in [1.165, 1.54) is 12.8 Å². The van der Waals surface area contributed by atoms with E-state index < -0.39 is 0 Å². The van der Waals surface area contributed by atoms with Crippen LogP contribution in [0.25, 0.3) is 0 Å². The number of rotatable bonds is 2. The van der Waals surface area contributed by atoms with Crippen molar-refractivity contribution in [3.8, 4) is 0 Å². The second-order valence-electron chi connectivity index (χ2n) is 3.60. The summed E-state index contributed by atoms with van der Waals surface area (Å²) in [5.41, 5.74) is 0. The zero-order chi connectivity index (χ0) is 6.15. The third-order valence-corrected chi connectivity index (χ3v) is 2.05. The predicted octanol–water partition coefficient (Wildman–Crippen LogP) is 2.69. The summed E-state index contributed by atoms with van der Waals surface area (Å²) in [6.45, 7) is 6.98. The van der Waals surface area contributed by atoms with Gasteiger partial charge in [-0.25, -0.2) is 0 Å². The van der Waals surface area contributed by atoms with Crippen molar-refractivity contribution < 1.29 is 0 Å². The maximum Gasteiger partial charge on any atom is -0.0383 e. The van der Waals surface area contributed by atoms with Crippen LogP contribution in [0, 0.1) is 17.8 Å². The van der Waals surface area contributed by atoms with Crippen LogP contribution in [0.1, 0.15) is 33.6 Å². The highest BCUT2D eigenvalue weighted by Gasteiger charge is 2.32. The molecule has 1 fully saturated rings. The Bertz CT molecular complexity index is 74.1. The zero-order valence-electron chi connectivity index (χ0n) is 6.15. The van der Waals surface area contributed by atoms with Crippen LogP contribution < -0.4 is 0 Å². The predicted molar refractivity (Wildman–Crippen MR) is 36.7 cm³/mol. The van der Waals surface area contributed by atoms with Crippen molar-refractivity contribution in [1.82, 2.24) is 0 Å². The Kier molecular flexibility index (Phi) is 1.59. The molecule has 0 heterocycles. The van der Waals surface area contributed by atoms with Crippen molar-refractivity contribution in [2.24, 2.45) is 17.8 Å². The molecule has 2 atom stereocenters. The van der Waals surface area contributed by atoms with Crippen LogP contribution in [0.15, 0.2) is 0 Å². The average molecular weight is 112 g/mol. The molecule has 0 N–H and O–H groups in total. The highest BCUT2D eigenvalue weighted by atomic mass is 14.4. The third kappa shape index (κ3) is 1.50. The van der Waals surface area contributed by atoms with E-state index in [4.69, 9.17) is 0 Å². The molecule has 0 aromatic carbocycles.